The summed E-state index contributed by atoms with van der Waals surface area (Å²) >= 11 is 0. The summed E-state index contributed by atoms with van der Waals surface area (Å²) in [5, 5.41) is 7.63. The lowest BCUT2D eigenvalue weighted by Crippen LogP contribution is -2.36. The van der Waals surface area contributed by atoms with Crippen LogP contribution in [-0.2, 0) is 6.42 Å². The third kappa shape index (κ3) is 3.33. The summed E-state index contributed by atoms with van der Waals surface area (Å²) in [4.78, 5) is 2.50. The second-order valence-corrected chi connectivity index (χ2v) is 6.79. The van der Waals surface area contributed by atoms with E-state index in [0.29, 0.717) is 11.8 Å². The molecule has 0 aromatic heterocycles. The molecule has 1 atom stereocenters. The maximum absolute atomic E-state index is 7.63. The average molecular weight is 273 g/mol. The van der Waals surface area contributed by atoms with E-state index in [2.05, 4.69) is 49.9 Å². The SMILES string of the molecule is CC1Cc2ccccc2N(CCCC(C)(C)C(=N)N)C1. The lowest BCUT2D eigenvalue weighted by molar-refractivity contribution is 0.440. The smallest absolute Gasteiger partial charge is 0.0963 e. The molecule has 3 nitrogen and oxygen atoms in total. The molecule has 0 spiro atoms. The quantitative estimate of drug-likeness (QED) is 0.638. The van der Waals surface area contributed by atoms with Gasteiger partial charge in [-0.15, -0.1) is 0 Å². The normalized spacial score (nSPS) is 18.8. The zero-order valence-corrected chi connectivity index (χ0v) is 12.9. The van der Waals surface area contributed by atoms with Gasteiger partial charge in [0, 0.05) is 24.2 Å². The monoisotopic (exact) mass is 273 g/mol. The van der Waals surface area contributed by atoms with Gasteiger partial charge in [-0.05, 0) is 36.8 Å². The van der Waals surface area contributed by atoms with Crippen LogP contribution in [0.5, 0.6) is 0 Å². The molecule has 0 bridgehead atoms. The number of hydrogen-bond donors (Lipinski definition) is 2. The molecule has 1 aliphatic heterocycles. The number of nitrogens with two attached hydrogens (primary N) is 1. The van der Waals surface area contributed by atoms with Crippen LogP contribution in [-0.4, -0.2) is 18.9 Å². The molecular formula is C17H27N3. The third-order valence-electron chi connectivity index (χ3n) is 4.39. The Labute approximate surface area is 122 Å². The van der Waals surface area contributed by atoms with E-state index in [1.807, 2.05) is 0 Å². The van der Waals surface area contributed by atoms with Crippen molar-refractivity contribution in [2.75, 3.05) is 18.0 Å². The van der Waals surface area contributed by atoms with Crippen LogP contribution in [0.15, 0.2) is 24.3 Å². The molecule has 1 aromatic rings. The van der Waals surface area contributed by atoms with Gasteiger partial charge in [-0.2, -0.15) is 0 Å². The van der Waals surface area contributed by atoms with Crippen LogP contribution in [0.25, 0.3) is 0 Å². The molecule has 0 saturated carbocycles. The predicted octanol–water partition coefficient (Wildman–Crippen LogP) is 3.43. The Morgan fingerprint density at radius 1 is 1.40 bits per heavy atom. The molecule has 1 heterocycles. The van der Waals surface area contributed by atoms with Crippen molar-refractivity contribution in [2.45, 2.75) is 40.0 Å². The fraction of sp³-hybridized carbons (Fsp3) is 0.588. The Hall–Kier alpha value is -1.51. The van der Waals surface area contributed by atoms with Crippen molar-refractivity contribution >= 4 is 11.5 Å². The fourth-order valence-electron chi connectivity index (χ4n) is 2.96. The van der Waals surface area contributed by atoms with Crippen LogP contribution >= 0.6 is 0 Å². The van der Waals surface area contributed by atoms with Gasteiger partial charge in [-0.1, -0.05) is 39.0 Å². The average Bonchev–Trinajstić information content (AvgIpc) is 2.38. The Morgan fingerprint density at radius 2 is 2.10 bits per heavy atom. The first-order chi connectivity index (χ1) is 9.40. The maximum atomic E-state index is 7.63. The lowest BCUT2D eigenvalue weighted by Gasteiger charge is -2.35. The minimum atomic E-state index is -0.180. The van der Waals surface area contributed by atoms with Gasteiger partial charge < -0.3 is 10.6 Å². The minimum absolute atomic E-state index is 0.180. The first kappa shape index (κ1) is 14.9. The van der Waals surface area contributed by atoms with E-state index >= 15 is 0 Å². The Kier molecular flexibility index (Phi) is 4.36. The molecule has 1 aromatic carbocycles. The highest BCUT2D eigenvalue weighted by molar-refractivity contribution is 5.82. The molecule has 3 heteroatoms. The topological polar surface area (TPSA) is 53.1 Å². The van der Waals surface area contributed by atoms with E-state index in [-0.39, 0.29) is 5.41 Å². The molecule has 1 unspecified atom stereocenters. The van der Waals surface area contributed by atoms with E-state index in [1.54, 1.807) is 0 Å². The number of nitrogens with one attached hydrogen (secondary N) is 1. The molecule has 0 saturated heterocycles. The van der Waals surface area contributed by atoms with Crippen molar-refractivity contribution in [2.24, 2.45) is 17.1 Å². The lowest BCUT2D eigenvalue weighted by atomic mass is 9.86. The van der Waals surface area contributed by atoms with Crippen LogP contribution in [0.2, 0.25) is 0 Å². The number of para-hydroxylation sites is 1. The standard InChI is InChI=1S/C17H27N3/c1-13-11-14-7-4-5-8-15(14)20(12-13)10-6-9-17(2,3)16(18)19/h4-5,7-8,13H,6,9-12H2,1-3H3,(H3,18,19). The summed E-state index contributed by atoms with van der Waals surface area (Å²) < 4.78 is 0. The minimum Gasteiger partial charge on any atom is -0.387 e. The van der Waals surface area contributed by atoms with Gasteiger partial charge in [0.15, 0.2) is 0 Å². The van der Waals surface area contributed by atoms with Gasteiger partial charge in [-0.25, -0.2) is 0 Å². The van der Waals surface area contributed by atoms with Crippen LogP contribution in [0.4, 0.5) is 5.69 Å². The van der Waals surface area contributed by atoms with Crippen LogP contribution in [0, 0.1) is 16.7 Å². The van der Waals surface area contributed by atoms with Crippen LogP contribution < -0.4 is 10.6 Å². The summed E-state index contributed by atoms with van der Waals surface area (Å²) in [6, 6.07) is 8.74. The van der Waals surface area contributed by atoms with E-state index in [9.17, 15) is 0 Å². The zero-order chi connectivity index (χ0) is 14.8. The Balaban J connectivity index is 1.99. The predicted molar refractivity (Wildman–Crippen MR) is 86.5 cm³/mol. The largest absolute Gasteiger partial charge is 0.387 e. The molecule has 0 fully saturated rings. The summed E-state index contributed by atoms with van der Waals surface area (Å²) in [6.07, 6.45) is 3.23. The van der Waals surface area contributed by atoms with E-state index in [4.69, 9.17) is 11.1 Å². The maximum Gasteiger partial charge on any atom is 0.0963 e. The molecule has 0 radical (unpaired) electrons. The molecule has 1 aliphatic rings. The molecular weight excluding hydrogens is 246 g/mol. The fourth-order valence-corrected chi connectivity index (χ4v) is 2.96. The van der Waals surface area contributed by atoms with Gasteiger partial charge in [0.2, 0.25) is 0 Å². The number of rotatable bonds is 5. The van der Waals surface area contributed by atoms with E-state index < -0.39 is 0 Å². The van der Waals surface area contributed by atoms with Gasteiger partial charge in [0.1, 0.15) is 0 Å². The number of fused-ring (bicyclic) bond motifs is 1. The number of nitrogens with zero attached hydrogens (tertiary/aromatic N) is 1. The highest BCUT2D eigenvalue weighted by Crippen LogP contribution is 2.30. The second kappa shape index (κ2) is 5.86. The first-order valence-corrected chi connectivity index (χ1v) is 7.57. The van der Waals surface area contributed by atoms with Crippen molar-refractivity contribution < 1.29 is 0 Å². The summed E-state index contributed by atoms with van der Waals surface area (Å²) in [7, 11) is 0. The number of benzene rings is 1. The highest BCUT2D eigenvalue weighted by atomic mass is 15.1. The summed E-state index contributed by atoms with van der Waals surface area (Å²) in [5.74, 6) is 1.01. The molecule has 20 heavy (non-hydrogen) atoms. The molecule has 0 aliphatic carbocycles. The number of amidine groups is 1. The molecule has 2 rings (SSSR count). The van der Waals surface area contributed by atoms with Crippen molar-refractivity contribution in [3.05, 3.63) is 29.8 Å². The van der Waals surface area contributed by atoms with E-state index in [0.717, 1.165) is 25.9 Å². The first-order valence-electron chi connectivity index (χ1n) is 7.57. The molecule has 0 amide bonds. The van der Waals surface area contributed by atoms with Gasteiger partial charge in [-0.3, -0.25) is 5.41 Å². The molecule has 110 valence electrons. The van der Waals surface area contributed by atoms with Crippen molar-refractivity contribution in [1.29, 1.82) is 5.41 Å². The molecule has 3 N–H and O–H groups in total. The number of anilines is 1. The number of hydrogen-bond acceptors (Lipinski definition) is 2. The van der Waals surface area contributed by atoms with E-state index in [1.165, 1.54) is 17.7 Å². The Bertz CT molecular complexity index is 479. The third-order valence-corrected chi connectivity index (χ3v) is 4.39. The van der Waals surface area contributed by atoms with Crippen molar-refractivity contribution in [1.82, 2.24) is 0 Å². The Morgan fingerprint density at radius 3 is 2.80 bits per heavy atom. The van der Waals surface area contributed by atoms with Gasteiger partial charge in [0.25, 0.3) is 0 Å². The van der Waals surface area contributed by atoms with Gasteiger partial charge in [0.05, 0.1) is 5.84 Å². The van der Waals surface area contributed by atoms with Crippen LogP contribution in [0.1, 0.15) is 39.2 Å². The summed E-state index contributed by atoms with van der Waals surface area (Å²) in [6.45, 7) is 8.63. The highest BCUT2D eigenvalue weighted by Gasteiger charge is 2.24. The second-order valence-electron chi connectivity index (χ2n) is 6.79. The van der Waals surface area contributed by atoms with Crippen molar-refractivity contribution in [3.63, 3.8) is 0 Å². The van der Waals surface area contributed by atoms with Gasteiger partial charge >= 0.3 is 0 Å². The zero-order valence-electron chi connectivity index (χ0n) is 12.9. The van der Waals surface area contributed by atoms with Crippen molar-refractivity contribution in [3.8, 4) is 0 Å². The summed E-state index contributed by atoms with van der Waals surface area (Å²) in [5.41, 5.74) is 8.34. The van der Waals surface area contributed by atoms with Crippen LogP contribution in [0.3, 0.4) is 0 Å².